The minimum absolute atomic E-state index is 0.138. The zero-order chi connectivity index (χ0) is 27.9. The smallest absolute Gasteiger partial charge is 0.508 e. The summed E-state index contributed by atoms with van der Waals surface area (Å²) in [6.45, 7) is 5.74. The van der Waals surface area contributed by atoms with Crippen molar-refractivity contribution in [2.45, 2.75) is 40.0 Å². The molecule has 0 aliphatic carbocycles. The number of anilines is 1. The van der Waals surface area contributed by atoms with E-state index in [1.165, 1.54) is 14.5 Å². The highest BCUT2D eigenvalue weighted by molar-refractivity contribution is 6.58. The van der Waals surface area contributed by atoms with Gasteiger partial charge in [0.05, 0.1) is 5.57 Å². The van der Waals surface area contributed by atoms with Crippen LogP contribution in [0.15, 0.2) is 95.9 Å². The molecule has 0 unspecified atom stereocenters. The molecule has 0 fully saturated rings. The van der Waals surface area contributed by atoms with E-state index < -0.39 is 6.97 Å². The van der Waals surface area contributed by atoms with Crippen LogP contribution in [0, 0.1) is 13.8 Å². The first-order valence-electron chi connectivity index (χ1n) is 13.3. The lowest BCUT2D eigenvalue weighted by molar-refractivity contribution is -0.362. The Morgan fingerprint density at radius 1 is 1.00 bits per heavy atom. The van der Waals surface area contributed by atoms with Crippen LogP contribution in [0.1, 0.15) is 48.8 Å². The highest BCUT2D eigenvalue weighted by Gasteiger charge is 2.55. The molecular weight excluding hydrogens is 491 g/mol. The summed E-state index contributed by atoms with van der Waals surface area (Å²) in [5.41, 5.74) is 8.44. The number of aromatic hydroxyl groups is 1. The Balaban J connectivity index is 1.53. The molecule has 0 amide bonds. The van der Waals surface area contributed by atoms with Crippen LogP contribution >= 0.6 is 0 Å². The van der Waals surface area contributed by atoms with Crippen molar-refractivity contribution in [3.63, 3.8) is 0 Å². The third kappa shape index (κ3) is 3.52. The molecule has 3 aliphatic rings. The van der Waals surface area contributed by atoms with E-state index in [-0.39, 0.29) is 11.2 Å². The topological polar surface area (TPSA) is 31.4 Å². The van der Waals surface area contributed by atoms with E-state index in [4.69, 9.17) is 0 Å². The predicted octanol–water partition coefficient (Wildman–Crippen LogP) is 7.09. The van der Waals surface area contributed by atoms with Gasteiger partial charge in [0, 0.05) is 47.3 Å². The molecule has 6 rings (SSSR count). The summed E-state index contributed by atoms with van der Waals surface area (Å²) < 4.78 is 35.3. The van der Waals surface area contributed by atoms with Gasteiger partial charge >= 0.3 is 6.97 Å². The van der Waals surface area contributed by atoms with E-state index in [9.17, 15) is 5.11 Å². The third-order valence-electron chi connectivity index (χ3n) is 8.39. The summed E-state index contributed by atoms with van der Waals surface area (Å²) in [5, 5.41) is 9.89. The van der Waals surface area contributed by atoms with Crippen molar-refractivity contribution in [1.82, 2.24) is 4.48 Å². The zero-order valence-electron chi connectivity index (χ0n) is 23.1. The monoisotopic (exact) mass is 523 g/mol. The number of hydrogen-bond donors (Lipinski definition) is 1. The maximum Gasteiger partial charge on any atom is 0.737 e. The molecule has 0 atom stereocenters. The largest absolute Gasteiger partial charge is 0.737 e. The van der Waals surface area contributed by atoms with Gasteiger partial charge in [0.25, 0.3) is 0 Å². The van der Waals surface area contributed by atoms with Gasteiger partial charge in [0.15, 0.2) is 11.4 Å². The molecule has 198 valence electrons. The van der Waals surface area contributed by atoms with Gasteiger partial charge in [-0.05, 0) is 73.5 Å². The molecule has 3 aromatic rings. The number of allylic oxidation sites excluding steroid dienone is 6. The molecular formula is C32H32BF2N3O. The number of phenols is 1. The first-order chi connectivity index (χ1) is 18.4. The molecule has 0 saturated carbocycles. The van der Waals surface area contributed by atoms with Gasteiger partial charge < -0.3 is 27.6 Å². The van der Waals surface area contributed by atoms with Crippen LogP contribution in [0.25, 0.3) is 5.57 Å². The van der Waals surface area contributed by atoms with Crippen LogP contribution in [-0.2, 0) is 5.41 Å². The van der Waals surface area contributed by atoms with Crippen LogP contribution in [0.4, 0.5) is 14.3 Å². The van der Waals surface area contributed by atoms with Gasteiger partial charge in [-0.2, -0.15) is 0 Å². The minimum Gasteiger partial charge on any atom is -0.508 e. The molecule has 2 aromatic carbocycles. The molecule has 4 heterocycles. The molecule has 0 spiro atoms. The molecule has 0 radical (unpaired) electrons. The van der Waals surface area contributed by atoms with Crippen molar-refractivity contribution in [3.05, 3.63) is 124 Å². The Labute approximate surface area is 228 Å². The van der Waals surface area contributed by atoms with E-state index in [0.717, 1.165) is 33.7 Å². The summed E-state index contributed by atoms with van der Waals surface area (Å²) in [7, 11) is 2.05. The number of hydrogen-bond acceptors (Lipinski definition) is 2. The number of fused-ring (bicyclic) bond motifs is 3. The Morgan fingerprint density at radius 3 is 2.38 bits per heavy atom. The van der Waals surface area contributed by atoms with Crippen molar-refractivity contribution in [2.24, 2.45) is 0 Å². The second kappa shape index (κ2) is 8.44. The van der Waals surface area contributed by atoms with Crippen LogP contribution in [0.2, 0.25) is 0 Å². The highest BCUT2D eigenvalue weighted by Crippen LogP contribution is 2.47. The number of halogens is 2. The lowest BCUT2D eigenvalue weighted by atomic mass is 9.83. The summed E-state index contributed by atoms with van der Waals surface area (Å²) in [6.07, 6.45) is 7.55. The fraction of sp³-hybridized carbons (Fsp3) is 0.219. The van der Waals surface area contributed by atoms with Gasteiger partial charge in [0.2, 0.25) is 0 Å². The normalized spacial score (nSPS) is 20.2. The third-order valence-corrected chi connectivity index (χ3v) is 8.39. The molecule has 4 nitrogen and oxygen atoms in total. The molecule has 1 N–H and O–H groups in total. The first-order valence-corrected chi connectivity index (χ1v) is 13.3. The molecule has 3 aliphatic heterocycles. The van der Waals surface area contributed by atoms with E-state index in [0.29, 0.717) is 22.8 Å². The Kier molecular flexibility index (Phi) is 5.44. The van der Waals surface area contributed by atoms with E-state index >= 15 is 8.63 Å². The maximum atomic E-state index is 16.5. The Hall–Kier alpha value is -4.13. The number of likely N-dealkylation sites (N-methyl/N-ethyl adjacent to an activating group) is 1. The summed E-state index contributed by atoms with van der Waals surface area (Å²) in [6, 6.07) is 16.9. The van der Waals surface area contributed by atoms with Gasteiger partial charge in [-0.15, -0.1) is 0 Å². The summed E-state index contributed by atoms with van der Waals surface area (Å²) >= 11 is 0. The molecule has 1 aromatic heterocycles. The first kappa shape index (κ1) is 25.2. The lowest BCUT2D eigenvalue weighted by Gasteiger charge is -2.34. The van der Waals surface area contributed by atoms with Crippen molar-refractivity contribution in [2.75, 3.05) is 11.9 Å². The fourth-order valence-electron chi connectivity index (χ4n) is 6.66. The van der Waals surface area contributed by atoms with Crippen molar-refractivity contribution in [1.29, 1.82) is 0 Å². The van der Waals surface area contributed by atoms with Crippen LogP contribution in [0.5, 0.6) is 5.75 Å². The van der Waals surface area contributed by atoms with E-state index in [2.05, 4.69) is 36.9 Å². The number of aromatic nitrogens is 1. The Morgan fingerprint density at radius 2 is 1.69 bits per heavy atom. The number of benzene rings is 2. The van der Waals surface area contributed by atoms with E-state index in [1.54, 1.807) is 37.3 Å². The Bertz CT molecular complexity index is 1700. The molecule has 0 bridgehead atoms. The average Bonchev–Trinajstić information content (AvgIpc) is 3.45. The minimum atomic E-state index is -4.14. The highest BCUT2D eigenvalue weighted by atomic mass is 19.2. The van der Waals surface area contributed by atoms with Gasteiger partial charge in [-0.3, -0.25) is 0 Å². The molecule has 0 saturated heterocycles. The van der Waals surface area contributed by atoms with Crippen LogP contribution < -0.4 is 4.90 Å². The van der Waals surface area contributed by atoms with Gasteiger partial charge in [0.1, 0.15) is 5.75 Å². The molecule has 7 heteroatoms. The van der Waals surface area contributed by atoms with Crippen molar-refractivity contribution in [3.8, 4) is 5.75 Å². The van der Waals surface area contributed by atoms with Crippen LogP contribution in [-0.4, -0.2) is 33.8 Å². The average molecular weight is 523 g/mol. The number of para-hydroxylation sites is 1. The predicted molar refractivity (Wildman–Crippen MR) is 156 cm³/mol. The number of aryl methyl sites for hydroxylation is 2. The SMILES string of the molecule is CC1=CC(/C=C/C=C2/N(C)c3ccccc3C2(C)C)=[N+]2C1=C(c1ccc(O)cc1)c1c(C)cc(C)n1[B-]2(F)F. The second-order valence-electron chi connectivity index (χ2n) is 11.3. The number of phenolic OH excluding ortho intramolecular Hbond substituents is 1. The molecule has 39 heavy (non-hydrogen) atoms. The summed E-state index contributed by atoms with van der Waals surface area (Å²) in [4.78, 5) is 2.17. The summed E-state index contributed by atoms with van der Waals surface area (Å²) in [5.74, 6) is 0.138. The van der Waals surface area contributed by atoms with Gasteiger partial charge in [-0.1, -0.05) is 50.3 Å². The second-order valence-corrected chi connectivity index (χ2v) is 11.3. The van der Waals surface area contributed by atoms with Crippen LogP contribution in [0.3, 0.4) is 0 Å². The van der Waals surface area contributed by atoms with Crippen molar-refractivity contribution < 1.29 is 18.2 Å². The number of nitrogens with zero attached hydrogens (tertiary/aromatic N) is 3. The number of rotatable bonds is 3. The standard InChI is InChI=1S/C32H32BF2N3O/c1-20-18-22(3)37-30(20)29(23-14-16-25(39)17-15-23)31-21(2)19-24(38(31)33(37,34)35)10-9-13-28-32(4,5)26-11-7-8-12-27(26)36(28)6/h7-19,39H,1-6H3/b10-9+,28-13+. The van der Waals surface area contributed by atoms with E-state index in [1.807, 2.05) is 51.3 Å². The van der Waals surface area contributed by atoms with Gasteiger partial charge in [-0.25, -0.2) is 0 Å². The zero-order valence-corrected chi connectivity index (χ0v) is 23.1. The fourth-order valence-corrected chi connectivity index (χ4v) is 6.66. The van der Waals surface area contributed by atoms with Crippen molar-refractivity contribution >= 4 is 23.9 Å². The maximum absolute atomic E-state index is 16.5. The lowest BCUT2D eigenvalue weighted by Crippen LogP contribution is -2.51. The quantitative estimate of drug-likeness (QED) is 0.372.